The molecule has 2 heteroatoms. The summed E-state index contributed by atoms with van der Waals surface area (Å²) in [4.78, 5) is 2.29. The third-order valence-corrected chi connectivity index (χ3v) is 4.73. The molecule has 1 aromatic carbocycles. The standard InChI is InChI=1S/C20H28N2/c1-16(15-21(2)3)22-19-13-9-5-8-12-18(19)14-20(22)17-10-6-4-7-11-17/h4,6-7,10-11,14,16H,5,8-9,12-13,15H2,1-3H3. The zero-order valence-corrected chi connectivity index (χ0v) is 14.2. The Hall–Kier alpha value is -1.54. The number of aryl methyl sites for hydroxylation is 1. The predicted molar refractivity (Wildman–Crippen MR) is 94.4 cm³/mol. The fourth-order valence-electron chi connectivity index (χ4n) is 3.85. The SMILES string of the molecule is CC(CN(C)C)n1c(-c2ccccc2)cc2c1CCCCC2. The molecule has 2 nitrogen and oxygen atoms in total. The highest BCUT2D eigenvalue weighted by molar-refractivity contribution is 5.63. The zero-order valence-electron chi connectivity index (χ0n) is 14.2. The fourth-order valence-corrected chi connectivity index (χ4v) is 3.85. The van der Waals surface area contributed by atoms with Gasteiger partial charge in [-0.1, -0.05) is 36.8 Å². The van der Waals surface area contributed by atoms with Crippen LogP contribution in [-0.4, -0.2) is 30.1 Å². The van der Waals surface area contributed by atoms with Crippen molar-refractivity contribution in [3.05, 3.63) is 47.7 Å². The minimum atomic E-state index is 0.507. The smallest absolute Gasteiger partial charge is 0.0488 e. The molecule has 0 radical (unpaired) electrons. The second kappa shape index (κ2) is 6.70. The summed E-state index contributed by atoms with van der Waals surface area (Å²) in [7, 11) is 4.34. The monoisotopic (exact) mass is 296 g/mol. The third-order valence-electron chi connectivity index (χ3n) is 4.73. The van der Waals surface area contributed by atoms with Gasteiger partial charge in [-0.2, -0.15) is 0 Å². The average Bonchev–Trinajstić information content (AvgIpc) is 2.71. The molecule has 1 atom stereocenters. The topological polar surface area (TPSA) is 8.17 Å². The van der Waals surface area contributed by atoms with Crippen LogP contribution in [0.25, 0.3) is 11.3 Å². The quantitative estimate of drug-likeness (QED) is 0.752. The summed E-state index contributed by atoms with van der Waals surface area (Å²) in [5, 5.41) is 0. The van der Waals surface area contributed by atoms with Gasteiger partial charge in [0.1, 0.15) is 0 Å². The summed E-state index contributed by atoms with van der Waals surface area (Å²) in [5.41, 5.74) is 5.93. The molecule has 0 spiro atoms. The van der Waals surface area contributed by atoms with Crippen molar-refractivity contribution in [1.82, 2.24) is 9.47 Å². The lowest BCUT2D eigenvalue weighted by atomic mass is 10.1. The van der Waals surface area contributed by atoms with Crippen LogP contribution in [0.2, 0.25) is 0 Å². The van der Waals surface area contributed by atoms with Crippen molar-refractivity contribution in [2.45, 2.75) is 45.1 Å². The Morgan fingerprint density at radius 3 is 2.50 bits per heavy atom. The van der Waals surface area contributed by atoms with Gasteiger partial charge in [-0.15, -0.1) is 0 Å². The van der Waals surface area contributed by atoms with Gasteiger partial charge < -0.3 is 9.47 Å². The molecule has 1 heterocycles. The van der Waals surface area contributed by atoms with Crippen molar-refractivity contribution in [3.63, 3.8) is 0 Å². The molecule has 1 aliphatic carbocycles. The minimum Gasteiger partial charge on any atom is -0.340 e. The highest BCUT2D eigenvalue weighted by Crippen LogP contribution is 2.33. The molecular formula is C20H28N2. The van der Waals surface area contributed by atoms with E-state index in [-0.39, 0.29) is 0 Å². The Morgan fingerprint density at radius 1 is 1.05 bits per heavy atom. The fraction of sp³-hybridized carbons (Fsp3) is 0.500. The van der Waals surface area contributed by atoms with Crippen LogP contribution < -0.4 is 0 Å². The second-order valence-electron chi connectivity index (χ2n) is 6.91. The highest BCUT2D eigenvalue weighted by atomic mass is 15.1. The van der Waals surface area contributed by atoms with Crippen LogP contribution in [0, 0.1) is 0 Å². The van der Waals surface area contributed by atoms with Gasteiger partial charge in [-0.05, 0) is 63.9 Å². The molecule has 1 aromatic heterocycles. The van der Waals surface area contributed by atoms with Gasteiger partial charge in [0, 0.05) is 24.0 Å². The van der Waals surface area contributed by atoms with Crippen molar-refractivity contribution in [1.29, 1.82) is 0 Å². The van der Waals surface area contributed by atoms with E-state index >= 15 is 0 Å². The molecule has 3 rings (SSSR count). The first-order valence-corrected chi connectivity index (χ1v) is 8.60. The first-order chi connectivity index (χ1) is 10.7. The highest BCUT2D eigenvalue weighted by Gasteiger charge is 2.21. The van der Waals surface area contributed by atoms with E-state index in [9.17, 15) is 0 Å². The molecule has 0 amide bonds. The average molecular weight is 296 g/mol. The van der Waals surface area contributed by atoms with Crippen molar-refractivity contribution in [3.8, 4) is 11.3 Å². The maximum atomic E-state index is 2.62. The Labute approximate surface area is 134 Å². The lowest BCUT2D eigenvalue weighted by Crippen LogP contribution is -2.24. The predicted octanol–water partition coefficient (Wildman–Crippen LogP) is 4.55. The second-order valence-corrected chi connectivity index (χ2v) is 6.91. The van der Waals surface area contributed by atoms with E-state index in [2.05, 4.69) is 66.9 Å². The van der Waals surface area contributed by atoms with E-state index in [4.69, 9.17) is 0 Å². The van der Waals surface area contributed by atoms with Crippen molar-refractivity contribution < 1.29 is 0 Å². The van der Waals surface area contributed by atoms with E-state index in [1.54, 1.807) is 11.3 Å². The minimum absolute atomic E-state index is 0.507. The summed E-state index contributed by atoms with van der Waals surface area (Å²) >= 11 is 0. The lowest BCUT2D eigenvalue weighted by Gasteiger charge is -2.24. The number of hydrogen-bond donors (Lipinski definition) is 0. The Kier molecular flexibility index (Phi) is 4.68. The van der Waals surface area contributed by atoms with E-state index in [0.29, 0.717) is 6.04 Å². The van der Waals surface area contributed by atoms with Crippen LogP contribution in [0.4, 0.5) is 0 Å². The van der Waals surface area contributed by atoms with Crippen molar-refractivity contribution in [2.75, 3.05) is 20.6 Å². The number of likely N-dealkylation sites (N-methyl/N-ethyl adjacent to an activating group) is 1. The maximum absolute atomic E-state index is 2.62. The Balaban J connectivity index is 2.08. The van der Waals surface area contributed by atoms with E-state index < -0.39 is 0 Å². The molecule has 2 aromatic rings. The molecule has 0 aliphatic heterocycles. The number of nitrogens with zero attached hydrogens (tertiary/aromatic N) is 2. The Bertz CT molecular complexity index is 610. The number of fused-ring (bicyclic) bond motifs is 1. The molecule has 118 valence electrons. The number of hydrogen-bond acceptors (Lipinski definition) is 1. The first kappa shape index (κ1) is 15.4. The molecule has 1 aliphatic rings. The van der Waals surface area contributed by atoms with Gasteiger partial charge in [0.25, 0.3) is 0 Å². The van der Waals surface area contributed by atoms with Crippen LogP contribution in [-0.2, 0) is 12.8 Å². The summed E-state index contributed by atoms with van der Waals surface area (Å²) in [6, 6.07) is 13.9. The first-order valence-electron chi connectivity index (χ1n) is 8.60. The van der Waals surface area contributed by atoms with Gasteiger partial charge in [-0.3, -0.25) is 0 Å². The van der Waals surface area contributed by atoms with Crippen LogP contribution >= 0.6 is 0 Å². The summed E-state index contributed by atoms with van der Waals surface area (Å²) < 4.78 is 2.62. The van der Waals surface area contributed by atoms with Crippen LogP contribution in [0.1, 0.15) is 43.5 Å². The van der Waals surface area contributed by atoms with Gasteiger partial charge in [0.05, 0.1) is 0 Å². The van der Waals surface area contributed by atoms with Gasteiger partial charge >= 0.3 is 0 Å². The Morgan fingerprint density at radius 2 is 1.77 bits per heavy atom. The maximum Gasteiger partial charge on any atom is 0.0488 e. The number of benzene rings is 1. The largest absolute Gasteiger partial charge is 0.340 e. The van der Waals surface area contributed by atoms with Gasteiger partial charge in [-0.25, -0.2) is 0 Å². The normalized spacial score (nSPS) is 16.4. The third kappa shape index (κ3) is 3.12. The van der Waals surface area contributed by atoms with E-state index in [1.807, 2.05) is 0 Å². The molecule has 22 heavy (non-hydrogen) atoms. The molecule has 0 fully saturated rings. The molecular weight excluding hydrogens is 268 g/mol. The molecule has 0 N–H and O–H groups in total. The molecule has 0 bridgehead atoms. The van der Waals surface area contributed by atoms with Crippen molar-refractivity contribution in [2.24, 2.45) is 0 Å². The molecule has 0 saturated heterocycles. The molecule has 0 saturated carbocycles. The molecule has 1 unspecified atom stereocenters. The summed E-state index contributed by atoms with van der Waals surface area (Å²) in [6.45, 7) is 3.44. The lowest BCUT2D eigenvalue weighted by molar-refractivity contribution is 0.334. The summed E-state index contributed by atoms with van der Waals surface area (Å²) in [6.07, 6.45) is 6.53. The van der Waals surface area contributed by atoms with E-state index in [1.165, 1.54) is 43.4 Å². The van der Waals surface area contributed by atoms with Gasteiger partial charge in [0.15, 0.2) is 0 Å². The summed E-state index contributed by atoms with van der Waals surface area (Å²) in [5.74, 6) is 0. The zero-order chi connectivity index (χ0) is 15.5. The van der Waals surface area contributed by atoms with Gasteiger partial charge in [0.2, 0.25) is 0 Å². The van der Waals surface area contributed by atoms with E-state index in [0.717, 1.165) is 6.54 Å². The van der Waals surface area contributed by atoms with Crippen LogP contribution in [0.15, 0.2) is 36.4 Å². The van der Waals surface area contributed by atoms with Crippen LogP contribution in [0.3, 0.4) is 0 Å². The van der Waals surface area contributed by atoms with Crippen LogP contribution in [0.5, 0.6) is 0 Å². The van der Waals surface area contributed by atoms with Crippen molar-refractivity contribution >= 4 is 0 Å². The number of rotatable bonds is 4. The number of aromatic nitrogens is 1.